The van der Waals surface area contributed by atoms with Crippen LogP contribution in [-0.2, 0) is 24.4 Å². The summed E-state index contributed by atoms with van der Waals surface area (Å²) in [6, 6.07) is 9.69. The number of aryl methyl sites for hydroxylation is 2. The predicted molar refractivity (Wildman–Crippen MR) is 109 cm³/mol. The van der Waals surface area contributed by atoms with Gasteiger partial charge in [-0.15, -0.1) is 11.3 Å². The van der Waals surface area contributed by atoms with Gasteiger partial charge in [-0.3, -0.25) is 19.0 Å². The van der Waals surface area contributed by atoms with Crippen LogP contribution in [-0.4, -0.2) is 27.6 Å². The van der Waals surface area contributed by atoms with Gasteiger partial charge in [0.05, 0.1) is 5.39 Å². The first-order chi connectivity index (χ1) is 13.6. The van der Waals surface area contributed by atoms with Gasteiger partial charge in [0.2, 0.25) is 0 Å². The summed E-state index contributed by atoms with van der Waals surface area (Å²) < 4.78 is 1.79. The van der Waals surface area contributed by atoms with E-state index in [9.17, 15) is 9.59 Å². The Kier molecular flexibility index (Phi) is 5.28. The van der Waals surface area contributed by atoms with Crippen molar-refractivity contribution in [1.82, 2.24) is 14.6 Å². The number of carbonyl (C=O) groups excluding carboxylic acids is 1. The van der Waals surface area contributed by atoms with Gasteiger partial charge in [-0.1, -0.05) is 36.8 Å². The van der Waals surface area contributed by atoms with Crippen molar-refractivity contribution in [3.63, 3.8) is 0 Å². The molecule has 2 aromatic heterocycles. The number of fused-ring (bicyclic) bond motifs is 2. The quantitative estimate of drug-likeness (QED) is 0.630. The fourth-order valence-corrected chi connectivity index (χ4v) is 4.72. The SMILES string of the molecule is Cc1c(C(=O)N(C)OCc2ccccc2)sc2nc3n(c(=O)c12)CCCCC3. The maximum atomic E-state index is 13.0. The number of hydrogen-bond acceptors (Lipinski definition) is 5. The molecule has 0 bridgehead atoms. The third-order valence-corrected chi connectivity index (χ3v) is 6.33. The van der Waals surface area contributed by atoms with E-state index in [0.29, 0.717) is 33.8 Å². The first kappa shape index (κ1) is 18.8. The van der Waals surface area contributed by atoms with Gasteiger partial charge in [0.1, 0.15) is 22.1 Å². The van der Waals surface area contributed by atoms with Crippen molar-refractivity contribution in [3.05, 3.63) is 62.5 Å². The molecule has 1 aliphatic heterocycles. The number of carbonyl (C=O) groups is 1. The first-order valence-corrected chi connectivity index (χ1v) is 10.4. The zero-order valence-electron chi connectivity index (χ0n) is 16.1. The second kappa shape index (κ2) is 7.85. The van der Waals surface area contributed by atoms with Crippen LogP contribution in [0.1, 0.15) is 45.9 Å². The van der Waals surface area contributed by atoms with Crippen LogP contribution in [0.5, 0.6) is 0 Å². The van der Waals surface area contributed by atoms with Crippen LogP contribution in [0.3, 0.4) is 0 Å². The fraction of sp³-hybridized carbons (Fsp3) is 0.381. The van der Waals surface area contributed by atoms with E-state index >= 15 is 0 Å². The molecule has 146 valence electrons. The molecule has 3 heterocycles. The monoisotopic (exact) mass is 397 g/mol. The summed E-state index contributed by atoms with van der Waals surface area (Å²) >= 11 is 1.28. The molecule has 0 radical (unpaired) electrons. The zero-order chi connectivity index (χ0) is 19.7. The third-order valence-electron chi connectivity index (χ3n) is 5.16. The van der Waals surface area contributed by atoms with Gasteiger partial charge in [0, 0.05) is 20.0 Å². The number of hydrogen-bond donors (Lipinski definition) is 0. The predicted octanol–water partition coefficient (Wildman–Crippen LogP) is 3.70. The Morgan fingerprint density at radius 3 is 2.82 bits per heavy atom. The van der Waals surface area contributed by atoms with Crippen LogP contribution >= 0.6 is 11.3 Å². The molecule has 0 aliphatic carbocycles. The summed E-state index contributed by atoms with van der Waals surface area (Å²) in [7, 11) is 1.60. The largest absolute Gasteiger partial charge is 0.296 e. The molecule has 28 heavy (non-hydrogen) atoms. The number of thiophene rings is 1. The van der Waals surface area contributed by atoms with Gasteiger partial charge in [0.15, 0.2) is 0 Å². The van der Waals surface area contributed by atoms with Crippen LogP contribution in [0.15, 0.2) is 35.1 Å². The van der Waals surface area contributed by atoms with E-state index in [2.05, 4.69) is 0 Å². The van der Waals surface area contributed by atoms with Crippen molar-refractivity contribution in [2.45, 2.75) is 45.8 Å². The van der Waals surface area contributed by atoms with Gasteiger partial charge in [0.25, 0.3) is 11.5 Å². The van der Waals surface area contributed by atoms with Crippen LogP contribution in [0, 0.1) is 6.92 Å². The van der Waals surface area contributed by atoms with Crippen LogP contribution < -0.4 is 5.56 Å². The van der Waals surface area contributed by atoms with Crippen molar-refractivity contribution >= 4 is 27.5 Å². The molecule has 0 saturated carbocycles. The molecule has 4 rings (SSSR count). The molecular formula is C21H23N3O3S. The minimum absolute atomic E-state index is 0.0254. The third kappa shape index (κ3) is 3.47. The molecule has 1 amide bonds. The van der Waals surface area contributed by atoms with Gasteiger partial charge in [-0.05, 0) is 30.9 Å². The lowest BCUT2D eigenvalue weighted by Crippen LogP contribution is -2.27. The molecule has 1 aromatic carbocycles. The van der Waals surface area contributed by atoms with Crippen LogP contribution in [0.2, 0.25) is 0 Å². The topological polar surface area (TPSA) is 64.4 Å². The Hall–Kier alpha value is -2.51. The highest BCUT2D eigenvalue weighted by molar-refractivity contribution is 7.20. The summed E-state index contributed by atoms with van der Waals surface area (Å²) in [6.07, 6.45) is 3.96. The Morgan fingerprint density at radius 1 is 1.25 bits per heavy atom. The lowest BCUT2D eigenvalue weighted by Gasteiger charge is -2.16. The summed E-state index contributed by atoms with van der Waals surface area (Å²) in [5, 5.41) is 1.81. The molecule has 3 aromatic rings. The number of aromatic nitrogens is 2. The van der Waals surface area contributed by atoms with Crippen LogP contribution in [0.25, 0.3) is 10.2 Å². The van der Waals surface area contributed by atoms with E-state index in [1.54, 1.807) is 11.6 Å². The van der Waals surface area contributed by atoms with E-state index in [1.807, 2.05) is 37.3 Å². The highest BCUT2D eigenvalue weighted by Gasteiger charge is 2.24. The highest BCUT2D eigenvalue weighted by Crippen LogP contribution is 2.29. The Bertz CT molecular complexity index is 1070. The van der Waals surface area contributed by atoms with Gasteiger partial charge in [-0.25, -0.2) is 10.0 Å². The van der Waals surface area contributed by atoms with Crippen LogP contribution in [0.4, 0.5) is 0 Å². The molecule has 0 atom stereocenters. The molecule has 7 heteroatoms. The second-order valence-electron chi connectivity index (χ2n) is 7.09. The maximum Gasteiger partial charge on any atom is 0.287 e. The van der Waals surface area contributed by atoms with E-state index in [0.717, 1.165) is 37.1 Å². The average Bonchev–Trinajstić information content (AvgIpc) is 2.88. The molecule has 6 nitrogen and oxygen atoms in total. The number of amides is 1. The zero-order valence-corrected chi connectivity index (χ0v) is 16.9. The number of nitrogens with zero attached hydrogens (tertiary/aromatic N) is 3. The minimum atomic E-state index is -0.254. The van der Waals surface area contributed by atoms with E-state index in [4.69, 9.17) is 9.82 Å². The smallest absolute Gasteiger partial charge is 0.287 e. The van der Waals surface area contributed by atoms with Crippen molar-refractivity contribution in [1.29, 1.82) is 0 Å². The molecule has 0 N–H and O–H groups in total. The Balaban J connectivity index is 1.63. The molecule has 0 unspecified atom stereocenters. The van der Waals surface area contributed by atoms with E-state index < -0.39 is 0 Å². The molecule has 0 spiro atoms. The van der Waals surface area contributed by atoms with E-state index in [-0.39, 0.29) is 11.5 Å². The number of hydroxylamine groups is 2. The summed E-state index contributed by atoms with van der Waals surface area (Å²) in [5.74, 6) is 0.583. The standard InChI is InChI=1S/C21H23N3O3S/c1-14-17-19(22-16-11-7-4-8-12-24(16)20(17)25)28-18(14)21(26)23(2)27-13-15-9-5-3-6-10-15/h3,5-6,9-10H,4,7-8,11-13H2,1-2H3. The fourth-order valence-electron chi connectivity index (χ4n) is 3.56. The van der Waals surface area contributed by atoms with E-state index in [1.165, 1.54) is 16.4 Å². The first-order valence-electron chi connectivity index (χ1n) is 9.54. The van der Waals surface area contributed by atoms with Crippen molar-refractivity contribution in [2.24, 2.45) is 0 Å². The van der Waals surface area contributed by atoms with Gasteiger partial charge < -0.3 is 0 Å². The van der Waals surface area contributed by atoms with Crippen molar-refractivity contribution in [3.8, 4) is 0 Å². The lowest BCUT2D eigenvalue weighted by atomic mass is 10.2. The Morgan fingerprint density at radius 2 is 2.04 bits per heavy atom. The average molecular weight is 398 g/mol. The lowest BCUT2D eigenvalue weighted by molar-refractivity contribution is -0.115. The van der Waals surface area contributed by atoms with Gasteiger partial charge >= 0.3 is 0 Å². The van der Waals surface area contributed by atoms with Gasteiger partial charge in [-0.2, -0.15) is 0 Å². The maximum absolute atomic E-state index is 13.0. The van der Waals surface area contributed by atoms with Crippen molar-refractivity contribution in [2.75, 3.05) is 7.05 Å². The molecule has 0 fully saturated rings. The summed E-state index contributed by atoms with van der Waals surface area (Å²) in [5.41, 5.74) is 1.65. The minimum Gasteiger partial charge on any atom is -0.296 e. The number of rotatable bonds is 4. The molecule has 0 saturated heterocycles. The second-order valence-corrected chi connectivity index (χ2v) is 8.09. The van der Waals surface area contributed by atoms with Crippen molar-refractivity contribution < 1.29 is 9.63 Å². The summed E-state index contributed by atoms with van der Waals surface area (Å²) in [4.78, 5) is 37.5. The molecule has 1 aliphatic rings. The summed E-state index contributed by atoms with van der Waals surface area (Å²) in [6.45, 7) is 2.84. The highest BCUT2D eigenvalue weighted by atomic mass is 32.1. The molecular weight excluding hydrogens is 374 g/mol. The number of benzene rings is 1. The normalized spacial score (nSPS) is 13.9. The Labute approximate surface area is 167 Å².